The maximum absolute atomic E-state index is 10.6. The lowest BCUT2D eigenvalue weighted by atomic mass is 10.1. The van der Waals surface area contributed by atoms with Crippen molar-refractivity contribution in [1.29, 1.82) is 0 Å². The van der Waals surface area contributed by atoms with Gasteiger partial charge in [0.05, 0.1) is 4.92 Å². The van der Waals surface area contributed by atoms with Crippen molar-refractivity contribution in [1.82, 2.24) is 5.32 Å². The van der Waals surface area contributed by atoms with Gasteiger partial charge in [0.2, 0.25) is 0 Å². The first-order valence-electron chi connectivity index (χ1n) is 5.57. The molecule has 0 amide bonds. The predicted octanol–water partition coefficient (Wildman–Crippen LogP) is 2.73. The Hall–Kier alpha value is -1.42. The zero-order chi connectivity index (χ0) is 12.0. The average Bonchev–Trinajstić information content (AvgIpc) is 2.29. The minimum atomic E-state index is -0.363. The normalized spacial score (nSPS) is 12.4. The molecule has 0 heterocycles. The largest absolute Gasteiger partial charge is 0.312 e. The van der Waals surface area contributed by atoms with Crippen LogP contribution in [0.5, 0.6) is 0 Å². The second kappa shape index (κ2) is 6.23. The van der Waals surface area contributed by atoms with Gasteiger partial charge in [-0.1, -0.05) is 32.4 Å². The van der Waals surface area contributed by atoms with Crippen LogP contribution in [0.15, 0.2) is 24.3 Å². The van der Waals surface area contributed by atoms with Crippen LogP contribution >= 0.6 is 0 Å². The second-order valence-corrected chi connectivity index (χ2v) is 4.07. The number of benzene rings is 1. The molecule has 1 unspecified atom stereocenters. The Morgan fingerprint density at radius 1 is 1.50 bits per heavy atom. The maximum atomic E-state index is 10.6. The maximum Gasteiger partial charge on any atom is 0.269 e. The molecule has 1 atom stereocenters. The molecule has 1 aromatic rings. The lowest BCUT2D eigenvalue weighted by Crippen LogP contribution is -2.20. The summed E-state index contributed by atoms with van der Waals surface area (Å²) >= 11 is 0. The molecule has 0 aliphatic rings. The third-order valence-corrected chi connectivity index (χ3v) is 2.64. The Morgan fingerprint density at radius 3 is 2.88 bits per heavy atom. The van der Waals surface area contributed by atoms with Gasteiger partial charge in [-0.25, -0.2) is 0 Å². The minimum absolute atomic E-state index is 0.155. The summed E-state index contributed by atoms with van der Waals surface area (Å²) < 4.78 is 0. The molecule has 0 spiro atoms. The number of nitrogens with zero attached hydrogens (tertiary/aromatic N) is 1. The molecule has 0 bridgehead atoms. The van der Waals surface area contributed by atoms with Gasteiger partial charge in [-0.3, -0.25) is 10.1 Å². The van der Waals surface area contributed by atoms with Gasteiger partial charge in [0.15, 0.2) is 0 Å². The molecular weight excluding hydrogens is 204 g/mol. The highest BCUT2D eigenvalue weighted by Crippen LogP contribution is 2.12. The molecule has 0 aromatic heterocycles. The van der Waals surface area contributed by atoms with Crippen molar-refractivity contribution in [2.45, 2.75) is 26.8 Å². The van der Waals surface area contributed by atoms with Crippen LogP contribution < -0.4 is 5.32 Å². The van der Waals surface area contributed by atoms with Crippen LogP contribution in [0.4, 0.5) is 5.69 Å². The standard InChI is InChI=1S/C12H18N2O2/c1-3-10(2)8-13-9-11-5-4-6-12(7-11)14(15)16/h4-7,10,13H,3,8-9H2,1-2H3. The van der Waals surface area contributed by atoms with Gasteiger partial charge in [-0.2, -0.15) is 0 Å². The highest BCUT2D eigenvalue weighted by atomic mass is 16.6. The van der Waals surface area contributed by atoms with E-state index in [0.29, 0.717) is 12.5 Å². The summed E-state index contributed by atoms with van der Waals surface area (Å²) in [5, 5.41) is 13.9. The lowest BCUT2D eigenvalue weighted by Gasteiger charge is -2.09. The van der Waals surface area contributed by atoms with Gasteiger partial charge in [0.1, 0.15) is 0 Å². The quantitative estimate of drug-likeness (QED) is 0.594. The molecule has 4 nitrogen and oxygen atoms in total. The van der Waals surface area contributed by atoms with Crippen LogP contribution in [0.2, 0.25) is 0 Å². The first-order valence-corrected chi connectivity index (χ1v) is 5.57. The van der Waals surface area contributed by atoms with E-state index in [9.17, 15) is 10.1 Å². The van der Waals surface area contributed by atoms with E-state index in [4.69, 9.17) is 0 Å². The van der Waals surface area contributed by atoms with Gasteiger partial charge in [-0.05, 0) is 18.0 Å². The van der Waals surface area contributed by atoms with E-state index in [1.165, 1.54) is 6.07 Å². The highest BCUT2D eigenvalue weighted by Gasteiger charge is 2.05. The SMILES string of the molecule is CCC(C)CNCc1cccc([N+](=O)[O-])c1. The zero-order valence-corrected chi connectivity index (χ0v) is 9.77. The van der Waals surface area contributed by atoms with E-state index < -0.39 is 0 Å². The van der Waals surface area contributed by atoms with E-state index in [0.717, 1.165) is 18.5 Å². The number of rotatable bonds is 6. The Morgan fingerprint density at radius 2 is 2.25 bits per heavy atom. The van der Waals surface area contributed by atoms with Crippen molar-refractivity contribution in [3.05, 3.63) is 39.9 Å². The Balaban J connectivity index is 2.48. The topological polar surface area (TPSA) is 55.2 Å². The number of nitro groups is 1. The minimum Gasteiger partial charge on any atom is -0.312 e. The fourth-order valence-electron chi connectivity index (χ4n) is 1.39. The molecule has 0 aliphatic carbocycles. The molecule has 0 saturated carbocycles. The number of hydrogen-bond donors (Lipinski definition) is 1. The molecule has 4 heteroatoms. The summed E-state index contributed by atoms with van der Waals surface area (Å²) in [6.45, 7) is 5.96. The molecule has 1 rings (SSSR count). The van der Waals surface area contributed by atoms with Crippen molar-refractivity contribution in [3.8, 4) is 0 Å². The molecule has 1 N–H and O–H groups in total. The third-order valence-electron chi connectivity index (χ3n) is 2.64. The molecule has 16 heavy (non-hydrogen) atoms. The van der Waals surface area contributed by atoms with E-state index in [-0.39, 0.29) is 10.6 Å². The van der Waals surface area contributed by atoms with Crippen molar-refractivity contribution in [2.24, 2.45) is 5.92 Å². The van der Waals surface area contributed by atoms with Crippen LogP contribution in [-0.2, 0) is 6.54 Å². The Labute approximate surface area is 95.8 Å². The Bertz CT molecular complexity index is 353. The van der Waals surface area contributed by atoms with Crippen molar-refractivity contribution < 1.29 is 4.92 Å². The first-order chi connectivity index (χ1) is 7.63. The van der Waals surface area contributed by atoms with Crippen molar-refractivity contribution in [2.75, 3.05) is 6.54 Å². The zero-order valence-electron chi connectivity index (χ0n) is 9.77. The molecule has 1 aromatic carbocycles. The fraction of sp³-hybridized carbons (Fsp3) is 0.500. The van der Waals surface area contributed by atoms with Crippen molar-refractivity contribution in [3.63, 3.8) is 0 Å². The number of nitrogens with one attached hydrogen (secondary N) is 1. The summed E-state index contributed by atoms with van der Waals surface area (Å²) in [4.78, 5) is 10.2. The van der Waals surface area contributed by atoms with Gasteiger partial charge in [-0.15, -0.1) is 0 Å². The predicted molar refractivity (Wildman–Crippen MR) is 64.3 cm³/mol. The lowest BCUT2D eigenvalue weighted by molar-refractivity contribution is -0.384. The van der Waals surface area contributed by atoms with E-state index in [1.807, 2.05) is 6.07 Å². The van der Waals surface area contributed by atoms with E-state index >= 15 is 0 Å². The van der Waals surface area contributed by atoms with Crippen LogP contribution in [0.1, 0.15) is 25.8 Å². The Kier molecular flexibility index (Phi) is 4.92. The molecule has 0 aliphatic heterocycles. The van der Waals surface area contributed by atoms with E-state index in [2.05, 4.69) is 19.2 Å². The number of non-ortho nitro benzene ring substituents is 1. The van der Waals surface area contributed by atoms with Gasteiger partial charge < -0.3 is 5.32 Å². The van der Waals surface area contributed by atoms with Gasteiger partial charge in [0.25, 0.3) is 5.69 Å². The van der Waals surface area contributed by atoms with Gasteiger partial charge >= 0.3 is 0 Å². The monoisotopic (exact) mass is 222 g/mol. The third kappa shape index (κ3) is 3.98. The molecule has 0 radical (unpaired) electrons. The first kappa shape index (κ1) is 12.6. The van der Waals surface area contributed by atoms with Crippen LogP contribution in [0, 0.1) is 16.0 Å². The van der Waals surface area contributed by atoms with Crippen LogP contribution in [-0.4, -0.2) is 11.5 Å². The summed E-state index contributed by atoms with van der Waals surface area (Å²) in [6, 6.07) is 6.75. The molecule has 0 fully saturated rings. The van der Waals surface area contributed by atoms with Crippen LogP contribution in [0.3, 0.4) is 0 Å². The average molecular weight is 222 g/mol. The molecule has 0 saturated heterocycles. The highest BCUT2D eigenvalue weighted by molar-refractivity contribution is 5.34. The molecule has 88 valence electrons. The van der Waals surface area contributed by atoms with Crippen LogP contribution in [0.25, 0.3) is 0 Å². The molecular formula is C12H18N2O2. The number of hydrogen-bond acceptors (Lipinski definition) is 3. The fourth-order valence-corrected chi connectivity index (χ4v) is 1.39. The summed E-state index contributed by atoms with van der Waals surface area (Å²) in [5.41, 5.74) is 1.11. The smallest absolute Gasteiger partial charge is 0.269 e. The number of nitro benzene ring substituents is 1. The van der Waals surface area contributed by atoms with Crippen molar-refractivity contribution >= 4 is 5.69 Å². The summed E-state index contributed by atoms with van der Waals surface area (Å²) in [6.07, 6.45) is 1.14. The summed E-state index contributed by atoms with van der Waals surface area (Å²) in [5.74, 6) is 0.638. The van der Waals surface area contributed by atoms with Gasteiger partial charge in [0, 0.05) is 18.7 Å². The second-order valence-electron chi connectivity index (χ2n) is 4.07. The van der Waals surface area contributed by atoms with E-state index in [1.54, 1.807) is 12.1 Å². The summed E-state index contributed by atoms with van der Waals surface area (Å²) in [7, 11) is 0.